The summed E-state index contributed by atoms with van der Waals surface area (Å²) in [6, 6.07) is 2.46. The highest BCUT2D eigenvalue weighted by atomic mass is 16.2. The molecule has 0 aromatic rings. The zero-order valence-electron chi connectivity index (χ0n) is 9.61. The predicted octanol–water partition coefficient (Wildman–Crippen LogP) is 1.03. The molecular weight excluding hydrogens is 202 g/mol. The third kappa shape index (κ3) is 2.35. The molecular formula is C12H19N3O. The highest BCUT2D eigenvalue weighted by Gasteiger charge is 2.33. The molecule has 16 heavy (non-hydrogen) atoms. The molecule has 0 aromatic heterocycles. The van der Waals surface area contributed by atoms with Crippen LogP contribution in [0.4, 0.5) is 0 Å². The molecule has 4 nitrogen and oxygen atoms in total. The molecule has 1 heterocycles. The van der Waals surface area contributed by atoms with E-state index in [9.17, 15) is 4.79 Å². The van der Waals surface area contributed by atoms with Crippen LogP contribution in [0.3, 0.4) is 0 Å². The number of hydrogen-bond acceptors (Lipinski definition) is 3. The van der Waals surface area contributed by atoms with Gasteiger partial charge in [-0.1, -0.05) is 12.8 Å². The van der Waals surface area contributed by atoms with E-state index in [1.807, 2.05) is 0 Å². The molecule has 1 N–H and O–H groups in total. The highest BCUT2D eigenvalue weighted by molar-refractivity contribution is 5.82. The van der Waals surface area contributed by atoms with Crippen LogP contribution in [0.25, 0.3) is 0 Å². The van der Waals surface area contributed by atoms with Crippen LogP contribution in [0.1, 0.15) is 38.5 Å². The molecule has 2 fully saturated rings. The number of nitrogens with one attached hydrogen (secondary N) is 1. The van der Waals surface area contributed by atoms with Gasteiger partial charge in [-0.25, -0.2) is 0 Å². The van der Waals surface area contributed by atoms with Crippen molar-refractivity contribution in [3.63, 3.8) is 0 Å². The lowest BCUT2D eigenvalue weighted by molar-refractivity contribution is -0.126. The van der Waals surface area contributed by atoms with Crippen molar-refractivity contribution < 1.29 is 4.79 Å². The number of carbonyl (C=O) groups excluding carboxylic acids is 1. The van der Waals surface area contributed by atoms with Gasteiger partial charge in [0.2, 0.25) is 5.91 Å². The van der Waals surface area contributed by atoms with Gasteiger partial charge in [-0.15, -0.1) is 0 Å². The van der Waals surface area contributed by atoms with Crippen molar-refractivity contribution in [1.29, 1.82) is 5.26 Å². The second kappa shape index (κ2) is 5.31. The van der Waals surface area contributed by atoms with Gasteiger partial charge in [0.05, 0.1) is 12.5 Å². The van der Waals surface area contributed by atoms with E-state index < -0.39 is 0 Å². The molecule has 1 amide bonds. The number of nitrogens with zero attached hydrogens (tertiary/aromatic N) is 2. The fourth-order valence-corrected chi connectivity index (χ4v) is 2.87. The quantitative estimate of drug-likeness (QED) is 0.757. The topological polar surface area (TPSA) is 56.1 Å². The first-order valence-electron chi connectivity index (χ1n) is 6.23. The Morgan fingerprint density at radius 2 is 2.12 bits per heavy atom. The van der Waals surface area contributed by atoms with Gasteiger partial charge in [-0.05, 0) is 19.3 Å². The van der Waals surface area contributed by atoms with Crippen molar-refractivity contribution in [3.05, 3.63) is 0 Å². The van der Waals surface area contributed by atoms with Gasteiger partial charge in [0.15, 0.2) is 0 Å². The third-order valence-electron chi connectivity index (χ3n) is 3.67. The van der Waals surface area contributed by atoms with Gasteiger partial charge in [0.1, 0.15) is 6.04 Å². The maximum absolute atomic E-state index is 11.9. The first-order chi connectivity index (χ1) is 7.83. The summed E-state index contributed by atoms with van der Waals surface area (Å²) >= 11 is 0. The number of rotatable bonds is 2. The molecule has 1 unspecified atom stereocenters. The van der Waals surface area contributed by atoms with E-state index in [2.05, 4.69) is 16.3 Å². The Morgan fingerprint density at radius 1 is 1.38 bits per heavy atom. The van der Waals surface area contributed by atoms with Crippen molar-refractivity contribution in [2.75, 3.05) is 13.1 Å². The van der Waals surface area contributed by atoms with Crippen LogP contribution < -0.4 is 5.32 Å². The van der Waals surface area contributed by atoms with Crippen molar-refractivity contribution in [2.24, 2.45) is 0 Å². The maximum Gasteiger partial charge on any atom is 0.238 e. The number of nitriles is 1. The Balaban J connectivity index is 2.10. The number of hydrogen-bond donors (Lipinski definition) is 1. The Hall–Kier alpha value is -1.08. The van der Waals surface area contributed by atoms with E-state index in [4.69, 9.17) is 5.26 Å². The van der Waals surface area contributed by atoms with Crippen LogP contribution in [0.5, 0.6) is 0 Å². The Labute approximate surface area is 96.6 Å². The van der Waals surface area contributed by atoms with Gasteiger partial charge in [0.25, 0.3) is 0 Å². The van der Waals surface area contributed by atoms with Crippen LogP contribution in [0.2, 0.25) is 0 Å². The van der Waals surface area contributed by atoms with Crippen LogP contribution in [-0.2, 0) is 4.79 Å². The fourth-order valence-electron chi connectivity index (χ4n) is 2.87. The summed E-state index contributed by atoms with van der Waals surface area (Å²) in [6.45, 7) is 1.71. The molecule has 0 bridgehead atoms. The lowest BCUT2D eigenvalue weighted by Gasteiger charge is -2.32. The van der Waals surface area contributed by atoms with E-state index in [0.717, 1.165) is 19.5 Å². The second-order valence-electron chi connectivity index (χ2n) is 4.70. The van der Waals surface area contributed by atoms with Crippen LogP contribution >= 0.6 is 0 Å². The molecule has 1 saturated heterocycles. The Morgan fingerprint density at radius 3 is 2.81 bits per heavy atom. The summed E-state index contributed by atoms with van der Waals surface area (Å²) in [5, 5.41) is 11.7. The van der Waals surface area contributed by atoms with E-state index in [-0.39, 0.29) is 11.9 Å². The molecule has 2 rings (SSSR count). The smallest absolute Gasteiger partial charge is 0.238 e. The normalized spacial score (nSPS) is 28.4. The minimum absolute atomic E-state index is 0.0472. The molecule has 0 spiro atoms. The maximum atomic E-state index is 11.9. The molecule has 1 aliphatic heterocycles. The summed E-state index contributed by atoms with van der Waals surface area (Å²) in [4.78, 5) is 14.1. The fraction of sp³-hybridized carbons (Fsp3) is 0.833. The molecule has 1 saturated carbocycles. The largest absolute Gasteiger partial charge is 0.355 e. The summed E-state index contributed by atoms with van der Waals surface area (Å²) < 4.78 is 0. The standard InChI is InChI=1S/C12H19N3O/c13-7-6-11-12(16)14-8-3-9-15(11)10-4-1-2-5-10/h10-11H,1-6,8-9H2,(H,14,16). The van der Waals surface area contributed by atoms with E-state index in [1.54, 1.807) is 0 Å². The molecule has 1 atom stereocenters. The summed E-state index contributed by atoms with van der Waals surface area (Å²) in [5.74, 6) is 0.0472. The zero-order chi connectivity index (χ0) is 11.4. The highest BCUT2D eigenvalue weighted by Crippen LogP contribution is 2.26. The van der Waals surface area contributed by atoms with Crippen molar-refractivity contribution in [3.8, 4) is 6.07 Å². The lowest BCUT2D eigenvalue weighted by Crippen LogP contribution is -2.48. The van der Waals surface area contributed by atoms with E-state index in [1.165, 1.54) is 25.7 Å². The first-order valence-corrected chi connectivity index (χ1v) is 6.23. The van der Waals surface area contributed by atoms with Crippen LogP contribution in [0, 0.1) is 11.3 Å². The molecule has 4 heteroatoms. The molecule has 2 aliphatic rings. The summed E-state index contributed by atoms with van der Waals surface area (Å²) in [7, 11) is 0. The van der Waals surface area contributed by atoms with Gasteiger partial charge in [-0.2, -0.15) is 5.26 Å². The summed E-state index contributed by atoms with van der Waals surface area (Å²) in [6.07, 6.45) is 6.24. The van der Waals surface area contributed by atoms with Crippen molar-refractivity contribution in [1.82, 2.24) is 10.2 Å². The molecule has 1 aliphatic carbocycles. The van der Waals surface area contributed by atoms with E-state index in [0.29, 0.717) is 12.5 Å². The predicted molar refractivity (Wildman–Crippen MR) is 60.6 cm³/mol. The lowest BCUT2D eigenvalue weighted by atomic mass is 10.1. The minimum atomic E-state index is -0.212. The van der Waals surface area contributed by atoms with Gasteiger partial charge in [0, 0.05) is 19.1 Å². The Kier molecular flexibility index (Phi) is 3.79. The summed E-state index contributed by atoms with van der Waals surface area (Å²) in [5.41, 5.74) is 0. The number of carbonyl (C=O) groups is 1. The molecule has 88 valence electrons. The molecule has 0 radical (unpaired) electrons. The SMILES string of the molecule is N#CCC1C(=O)NCCCN1C1CCCC1. The van der Waals surface area contributed by atoms with Crippen molar-refractivity contribution >= 4 is 5.91 Å². The van der Waals surface area contributed by atoms with Gasteiger partial charge >= 0.3 is 0 Å². The van der Waals surface area contributed by atoms with Gasteiger partial charge < -0.3 is 5.32 Å². The average Bonchev–Trinajstić information content (AvgIpc) is 2.74. The minimum Gasteiger partial charge on any atom is -0.355 e. The monoisotopic (exact) mass is 221 g/mol. The van der Waals surface area contributed by atoms with Crippen LogP contribution in [0.15, 0.2) is 0 Å². The van der Waals surface area contributed by atoms with Gasteiger partial charge in [-0.3, -0.25) is 9.69 Å². The number of amides is 1. The van der Waals surface area contributed by atoms with Crippen molar-refractivity contribution in [2.45, 2.75) is 50.6 Å². The van der Waals surface area contributed by atoms with E-state index >= 15 is 0 Å². The third-order valence-corrected chi connectivity index (χ3v) is 3.67. The molecule has 0 aromatic carbocycles. The zero-order valence-corrected chi connectivity index (χ0v) is 9.61. The first kappa shape index (κ1) is 11.4. The van der Waals surface area contributed by atoms with Crippen LogP contribution in [-0.4, -0.2) is 36.0 Å². The second-order valence-corrected chi connectivity index (χ2v) is 4.70. The Bertz CT molecular complexity index is 291. The average molecular weight is 221 g/mol.